The van der Waals surface area contributed by atoms with Gasteiger partial charge in [-0.15, -0.1) is 0 Å². The summed E-state index contributed by atoms with van der Waals surface area (Å²) in [6.45, 7) is 4.31. The lowest BCUT2D eigenvalue weighted by Gasteiger charge is -2.33. The van der Waals surface area contributed by atoms with Gasteiger partial charge in [0.15, 0.2) is 0 Å². The Morgan fingerprint density at radius 3 is 2.23 bits per heavy atom. The zero-order valence-electron chi connectivity index (χ0n) is 25.3. The van der Waals surface area contributed by atoms with Crippen LogP contribution >= 0.6 is 11.6 Å². The number of hydrogen-bond donors (Lipinski definition) is 1. The first-order valence-corrected chi connectivity index (χ1v) is 17.2. The molecule has 0 aromatic heterocycles. The van der Waals surface area contributed by atoms with Crippen LogP contribution < -0.4 is 9.62 Å². The number of carbonyl (C=O) groups is 2. The van der Waals surface area contributed by atoms with Gasteiger partial charge >= 0.3 is 0 Å². The molecule has 230 valence electrons. The maximum atomic E-state index is 14.0. The zero-order valence-corrected chi connectivity index (χ0v) is 26.8. The number of benzene rings is 3. The summed E-state index contributed by atoms with van der Waals surface area (Å²) in [5, 5.41) is 3.80. The minimum absolute atomic E-state index is 0.0897. The Balaban J connectivity index is 1.58. The van der Waals surface area contributed by atoms with E-state index in [9.17, 15) is 18.0 Å². The molecule has 43 heavy (non-hydrogen) atoms. The number of anilines is 1. The van der Waals surface area contributed by atoms with Gasteiger partial charge in [0, 0.05) is 37.0 Å². The molecule has 3 aromatic rings. The van der Waals surface area contributed by atoms with E-state index in [4.69, 9.17) is 11.6 Å². The van der Waals surface area contributed by atoms with Crippen LogP contribution in [-0.4, -0.2) is 50.0 Å². The standard InChI is InChI=1S/C34H42ClN3O4S/c1-25-15-20-31(22-26(25)2)38(43(3,41)42)21-9-14-33(39)37(24-28-16-18-29(35)19-17-28)32(23-27-10-5-4-6-11-27)34(40)36-30-12-7-8-13-30/h4-6,10-11,15-20,22,30,32H,7-9,12-14,21,23-24H2,1-3H3,(H,36,40)/t32-/m1/s1. The van der Waals surface area contributed by atoms with Crippen LogP contribution in [0.4, 0.5) is 5.69 Å². The molecule has 1 fully saturated rings. The highest BCUT2D eigenvalue weighted by Gasteiger charge is 2.32. The van der Waals surface area contributed by atoms with Crippen molar-refractivity contribution in [3.8, 4) is 0 Å². The molecule has 2 amide bonds. The van der Waals surface area contributed by atoms with Crippen LogP contribution in [0.1, 0.15) is 60.8 Å². The molecule has 0 saturated heterocycles. The fourth-order valence-corrected chi connectivity index (χ4v) is 6.68. The van der Waals surface area contributed by atoms with Gasteiger partial charge in [-0.05, 0) is 79.6 Å². The molecule has 1 saturated carbocycles. The summed E-state index contributed by atoms with van der Waals surface area (Å²) in [6.07, 6.45) is 5.99. The van der Waals surface area contributed by atoms with Crippen molar-refractivity contribution in [2.45, 2.75) is 77.4 Å². The van der Waals surface area contributed by atoms with E-state index in [0.29, 0.717) is 23.6 Å². The monoisotopic (exact) mass is 623 g/mol. The summed E-state index contributed by atoms with van der Waals surface area (Å²) in [5.74, 6) is -0.364. The molecule has 4 rings (SSSR count). The Morgan fingerprint density at radius 2 is 1.60 bits per heavy atom. The quantitative estimate of drug-likeness (QED) is 0.246. The van der Waals surface area contributed by atoms with Crippen LogP contribution in [0.5, 0.6) is 0 Å². The highest BCUT2D eigenvalue weighted by atomic mass is 35.5. The maximum Gasteiger partial charge on any atom is 0.243 e. The summed E-state index contributed by atoms with van der Waals surface area (Å²) < 4.78 is 26.8. The van der Waals surface area contributed by atoms with E-state index in [1.165, 1.54) is 10.6 Å². The number of rotatable bonds is 13. The third kappa shape index (κ3) is 9.31. The third-order valence-corrected chi connectivity index (χ3v) is 9.62. The second-order valence-corrected chi connectivity index (χ2v) is 13.9. The number of sulfonamides is 1. The lowest BCUT2D eigenvalue weighted by molar-refractivity contribution is -0.141. The number of nitrogens with zero attached hydrogens (tertiary/aromatic N) is 2. The van der Waals surface area contributed by atoms with Crippen molar-refractivity contribution in [1.82, 2.24) is 10.2 Å². The average molecular weight is 624 g/mol. The molecule has 3 aromatic carbocycles. The molecule has 7 nitrogen and oxygen atoms in total. The molecule has 0 spiro atoms. The predicted molar refractivity (Wildman–Crippen MR) is 174 cm³/mol. The molecular weight excluding hydrogens is 582 g/mol. The van der Waals surface area contributed by atoms with Gasteiger partial charge in [0.2, 0.25) is 21.8 Å². The summed E-state index contributed by atoms with van der Waals surface area (Å²) >= 11 is 6.13. The summed E-state index contributed by atoms with van der Waals surface area (Å²) in [7, 11) is -3.57. The average Bonchev–Trinajstić information content (AvgIpc) is 3.48. The van der Waals surface area contributed by atoms with Crippen molar-refractivity contribution >= 4 is 39.1 Å². The highest BCUT2D eigenvalue weighted by Crippen LogP contribution is 2.24. The van der Waals surface area contributed by atoms with Crippen molar-refractivity contribution in [3.05, 3.63) is 100 Å². The van der Waals surface area contributed by atoms with E-state index in [-0.39, 0.29) is 37.4 Å². The Labute approximate surface area is 261 Å². The second kappa shape index (κ2) is 14.9. The largest absolute Gasteiger partial charge is 0.352 e. The normalized spacial score (nSPS) is 14.3. The minimum atomic E-state index is -3.57. The highest BCUT2D eigenvalue weighted by molar-refractivity contribution is 7.92. The number of carbonyl (C=O) groups excluding carboxylic acids is 2. The number of halogens is 1. The van der Waals surface area contributed by atoms with Crippen LogP contribution in [0.25, 0.3) is 0 Å². The molecule has 0 heterocycles. The molecule has 1 N–H and O–H groups in total. The molecule has 9 heteroatoms. The van der Waals surface area contributed by atoms with Crippen molar-refractivity contribution < 1.29 is 18.0 Å². The van der Waals surface area contributed by atoms with Gasteiger partial charge in [0.1, 0.15) is 6.04 Å². The fraction of sp³-hybridized carbons (Fsp3) is 0.412. The van der Waals surface area contributed by atoms with Crippen LogP contribution in [-0.2, 0) is 32.6 Å². The van der Waals surface area contributed by atoms with Crippen molar-refractivity contribution in [2.24, 2.45) is 0 Å². The van der Waals surface area contributed by atoms with Crippen molar-refractivity contribution in [1.29, 1.82) is 0 Å². The van der Waals surface area contributed by atoms with E-state index < -0.39 is 16.1 Å². The van der Waals surface area contributed by atoms with Crippen molar-refractivity contribution in [3.63, 3.8) is 0 Å². The van der Waals surface area contributed by atoms with E-state index in [2.05, 4.69) is 5.32 Å². The smallest absolute Gasteiger partial charge is 0.243 e. The summed E-state index contributed by atoms with van der Waals surface area (Å²) in [5.41, 5.74) is 4.46. The maximum absolute atomic E-state index is 14.0. The molecule has 0 radical (unpaired) electrons. The first kappa shape index (κ1) is 32.6. The predicted octanol–water partition coefficient (Wildman–Crippen LogP) is 6.20. The Kier molecular flexibility index (Phi) is 11.3. The van der Waals surface area contributed by atoms with Crippen LogP contribution in [0, 0.1) is 13.8 Å². The molecule has 1 aliphatic rings. The molecule has 1 aliphatic carbocycles. The van der Waals surface area contributed by atoms with Gasteiger partial charge in [-0.1, -0.05) is 73.0 Å². The number of hydrogen-bond acceptors (Lipinski definition) is 4. The van der Waals surface area contributed by atoms with Gasteiger partial charge < -0.3 is 10.2 Å². The van der Waals surface area contributed by atoms with E-state index >= 15 is 0 Å². The SMILES string of the molecule is Cc1ccc(N(CCCC(=O)N(Cc2ccc(Cl)cc2)[C@H](Cc2ccccc2)C(=O)NC2CCCC2)S(C)(=O)=O)cc1C. The zero-order chi connectivity index (χ0) is 31.0. The molecule has 0 bridgehead atoms. The van der Waals surface area contributed by atoms with Crippen molar-refractivity contribution in [2.75, 3.05) is 17.1 Å². The van der Waals surface area contributed by atoms with E-state index in [0.717, 1.165) is 47.9 Å². The van der Waals surface area contributed by atoms with Gasteiger partial charge in [-0.3, -0.25) is 13.9 Å². The van der Waals surface area contributed by atoms with Crippen LogP contribution in [0.2, 0.25) is 5.02 Å². The Morgan fingerprint density at radius 1 is 0.930 bits per heavy atom. The van der Waals surface area contributed by atoms with Gasteiger partial charge in [-0.25, -0.2) is 8.42 Å². The topological polar surface area (TPSA) is 86.8 Å². The fourth-order valence-electron chi connectivity index (χ4n) is 5.59. The van der Waals surface area contributed by atoms with Crippen LogP contribution in [0.15, 0.2) is 72.8 Å². The van der Waals surface area contributed by atoms with Gasteiger partial charge in [0.25, 0.3) is 0 Å². The first-order chi connectivity index (χ1) is 20.5. The Bertz CT molecular complexity index is 1490. The number of nitrogens with one attached hydrogen (secondary N) is 1. The second-order valence-electron chi connectivity index (χ2n) is 11.6. The van der Waals surface area contributed by atoms with Crippen LogP contribution in [0.3, 0.4) is 0 Å². The minimum Gasteiger partial charge on any atom is -0.352 e. The summed E-state index contributed by atoms with van der Waals surface area (Å²) in [6, 6.07) is 21.9. The number of amides is 2. The van der Waals surface area contributed by atoms with E-state index in [1.54, 1.807) is 23.1 Å². The first-order valence-electron chi connectivity index (χ1n) is 14.9. The lowest BCUT2D eigenvalue weighted by Crippen LogP contribution is -2.52. The van der Waals surface area contributed by atoms with E-state index in [1.807, 2.05) is 68.4 Å². The molecule has 0 unspecified atom stereocenters. The molecular formula is C34H42ClN3O4S. The third-order valence-electron chi connectivity index (χ3n) is 8.17. The van der Waals surface area contributed by atoms with Gasteiger partial charge in [0.05, 0.1) is 11.9 Å². The number of aryl methyl sites for hydroxylation is 2. The Hall–Kier alpha value is -3.36. The van der Waals surface area contributed by atoms with Gasteiger partial charge in [-0.2, -0.15) is 0 Å². The lowest BCUT2D eigenvalue weighted by atomic mass is 10.0. The summed E-state index contributed by atoms with van der Waals surface area (Å²) in [4.78, 5) is 29.5. The molecule has 0 aliphatic heterocycles. The molecule has 1 atom stereocenters.